The Bertz CT molecular complexity index is 910. The van der Waals surface area contributed by atoms with E-state index in [-0.39, 0.29) is 12.5 Å². The molecule has 5 nitrogen and oxygen atoms in total. The SMILES string of the molecule is O=C(Cn1c(-c2cccs2)n[nH]c1=S)N(Cc1ccccc1)C1CC1. The molecule has 1 aliphatic rings. The Morgan fingerprint density at radius 2 is 2.08 bits per heavy atom. The molecule has 0 unspecified atom stereocenters. The number of thiophene rings is 1. The lowest BCUT2D eigenvalue weighted by Gasteiger charge is -2.23. The van der Waals surface area contributed by atoms with Crippen molar-refractivity contribution < 1.29 is 4.79 Å². The molecule has 0 aliphatic heterocycles. The van der Waals surface area contributed by atoms with Crippen molar-refractivity contribution in [1.29, 1.82) is 0 Å². The number of rotatable bonds is 6. The molecule has 3 aromatic rings. The molecule has 128 valence electrons. The molecule has 2 heterocycles. The summed E-state index contributed by atoms with van der Waals surface area (Å²) < 4.78 is 2.27. The fraction of sp³-hybridized carbons (Fsp3) is 0.278. The van der Waals surface area contributed by atoms with E-state index in [4.69, 9.17) is 12.2 Å². The lowest BCUT2D eigenvalue weighted by Crippen LogP contribution is -2.35. The molecule has 1 N–H and O–H groups in total. The summed E-state index contributed by atoms with van der Waals surface area (Å²) in [4.78, 5) is 16.0. The number of amides is 1. The van der Waals surface area contributed by atoms with Gasteiger partial charge in [-0.3, -0.25) is 14.5 Å². The van der Waals surface area contributed by atoms with Crippen LogP contribution in [0.2, 0.25) is 0 Å². The van der Waals surface area contributed by atoms with Gasteiger partial charge < -0.3 is 4.90 Å². The second-order valence-corrected chi connectivity index (χ2v) is 7.49. The van der Waals surface area contributed by atoms with Gasteiger partial charge in [-0.25, -0.2) is 0 Å². The van der Waals surface area contributed by atoms with Crippen molar-refractivity contribution in [2.24, 2.45) is 0 Å². The number of carbonyl (C=O) groups is 1. The normalized spacial score (nSPS) is 13.8. The zero-order valence-corrected chi connectivity index (χ0v) is 15.2. The van der Waals surface area contributed by atoms with Gasteiger partial charge in [0.15, 0.2) is 10.6 Å². The van der Waals surface area contributed by atoms with Gasteiger partial charge in [0.2, 0.25) is 5.91 Å². The van der Waals surface area contributed by atoms with Gasteiger partial charge >= 0.3 is 0 Å². The van der Waals surface area contributed by atoms with Crippen molar-refractivity contribution in [2.75, 3.05) is 0 Å². The number of hydrogen-bond donors (Lipinski definition) is 1. The minimum Gasteiger partial charge on any atom is -0.334 e. The van der Waals surface area contributed by atoms with Gasteiger partial charge in [-0.15, -0.1) is 11.3 Å². The lowest BCUT2D eigenvalue weighted by atomic mass is 10.2. The number of H-pyrrole nitrogens is 1. The largest absolute Gasteiger partial charge is 0.334 e. The molecule has 0 bridgehead atoms. The Kier molecular flexibility index (Phi) is 4.50. The second kappa shape index (κ2) is 6.93. The van der Waals surface area contributed by atoms with Gasteiger partial charge in [0, 0.05) is 12.6 Å². The third-order valence-electron chi connectivity index (χ3n) is 4.30. The third kappa shape index (κ3) is 3.57. The van der Waals surface area contributed by atoms with Crippen LogP contribution in [0.5, 0.6) is 0 Å². The van der Waals surface area contributed by atoms with Crippen LogP contribution >= 0.6 is 23.6 Å². The fourth-order valence-electron chi connectivity index (χ4n) is 2.87. The van der Waals surface area contributed by atoms with Crippen molar-refractivity contribution in [3.8, 4) is 10.7 Å². The summed E-state index contributed by atoms with van der Waals surface area (Å²) >= 11 is 6.93. The first-order valence-electron chi connectivity index (χ1n) is 8.25. The number of carbonyl (C=O) groups excluding carboxylic acids is 1. The van der Waals surface area contributed by atoms with Crippen molar-refractivity contribution in [2.45, 2.75) is 32.0 Å². The molecule has 1 aliphatic carbocycles. The van der Waals surface area contributed by atoms with E-state index in [1.54, 1.807) is 15.9 Å². The summed E-state index contributed by atoms with van der Waals surface area (Å²) in [6.07, 6.45) is 2.15. The molecule has 0 atom stereocenters. The number of aromatic amines is 1. The van der Waals surface area contributed by atoms with Crippen molar-refractivity contribution in [1.82, 2.24) is 19.7 Å². The molecular formula is C18H18N4OS2. The molecule has 1 aromatic carbocycles. The van der Waals surface area contributed by atoms with E-state index in [9.17, 15) is 4.79 Å². The monoisotopic (exact) mass is 370 g/mol. The Balaban J connectivity index is 1.56. The average Bonchev–Trinajstić information content (AvgIpc) is 3.20. The zero-order valence-electron chi connectivity index (χ0n) is 13.6. The Hall–Kier alpha value is -2.25. The maximum absolute atomic E-state index is 13.0. The molecule has 1 saturated carbocycles. The number of aromatic nitrogens is 3. The summed E-state index contributed by atoms with van der Waals surface area (Å²) in [5, 5.41) is 9.11. The van der Waals surface area contributed by atoms with Crippen LogP contribution in [0.1, 0.15) is 18.4 Å². The van der Waals surface area contributed by atoms with E-state index < -0.39 is 0 Å². The van der Waals surface area contributed by atoms with E-state index in [1.165, 1.54) is 0 Å². The average molecular weight is 371 g/mol. The highest BCUT2D eigenvalue weighted by Crippen LogP contribution is 2.29. The van der Waals surface area contributed by atoms with Crippen LogP contribution in [0.15, 0.2) is 47.8 Å². The molecule has 0 radical (unpaired) electrons. The molecular weight excluding hydrogens is 352 g/mol. The molecule has 7 heteroatoms. The van der Waals surface area contributed by atoms with E-state index >= 15 is 0 Å². The summed E-state index contributed by atoms with van der Waals surface area (Å²) in [5.74, 6) is 0.811. The minimum absolute atomic E-state index is 0.0849. The first kappa shape index (κ1) is 16.2. The standard InChI is InChI=1S/C18H18N4OS2/c23-16(21(14-8-9-14)11-13-5-2-1-3-6-13)12-22-17(19-20-18(22)24)15-7-4-10-25-15/h1-7,10,14H,8-9,11-12H2,(H,20,24). The van der Waals surface area contributed by atoms with Crippen LogP contribution in [0.4, 0.5) is 0 Å². The van der Waals surface area contributed by atoms with Gasteiger partial charge in [0.1, 0.15) is 6.54 Å². The third-order valence-corrected chi connectivity index (χ3v) is 5.47. The van der Waals surface area contributed by atoms with Crippen LogP contribution in [-0.2, 0) is 17.9 Å². The molecule has 0 saturated heterocycles. The highest BCUT2D eigenvalue weighted by atomic mass is 32.1. The molecule has 25 heavy (non-hydrogen) atoms. The van der Waals surface area contributed by atoms with Gasteiger partial charge in [0.05, 0.1) is 4.88 Å². The Labute approximate surface area is 154 Å². The zero-order chi connectivity index (χ0) is 17.2. The Morgan fingerprint density at radius 3 is 2.76 bits per heavy atom. The predicted octanol–water partition coefficient (Wildman–Crippen LogP) is 3.86. The topological polar surface area (TPSA) is 53.9 Å². The fourth-order valence-corrected chi connectivity index (χ4v) is 3.79. The molecule has 1 amide bonds. The lowest BCUT2D eigenvalue weighted by molar-refractivity contribution is -0.133. The highest BCUT2D eigenvalue weighted by molar-refractivity contribution is 7.71. The van der Waals surface area contributed by atoms with E-state index in [2.05, 4.69) is 22.3 Å². The summed E-state index contributed by atoms with van der Waals surface area (Å²) in [5.41, 5.74) is 1.15. The van der Waals surface area contributed by atoms with Crippen LogP contribution < -0.4 is 0 Å². The molecule has 2 aromatic heterocycles. The Morgan fingerprint density at radius 1 is 1.28 bits per heavy atom. The first-order chi connectivity index (χ1) is 12.2. The van der Waals surface area contributed by atoms with E-state index in [0.29, 0.717) is 17.4 Å². The summed E-state index contributed by atoms with van der Waals surface area (Å²) in [7, 11) is 0. The van der Waals surface area contributed by atoms with Crippen molar-refractivity contribution >= 4 is 29.5 Å². The first-order valence-corrected chi connectivity index (χ1v) is 9.53. The van der Waals surface area contributed by atoms with Gasteiger partial charge in [-0.1, -0.05) is 36.4 Å². The van der Waals surface area contributed by atoms with Crippen molar-refractivity contribution in [3.63, 3.8) is 0 Å². The number of benzene rings is 1. The van der Waals surface area contributed by atoms with Crippen LogP contribution in [0, 0.1) is 4.77 Å². The summed E-state index contributed by atoms with van der Waals surface area (Å²) in [6, 6.07) is 14.4. The highest BCUT2D eigenvalue weighted by Gasteiger charge is 2.33. The maximum atomic E-state index is 13.0. The van der Waals surface area contributed by atoms with E-state index in [1.807, 2.05) is 40.6 Å². The van der Waals surface area contributed by atoms with Crippen LogP contribution in [-0.4, -0.2) is 31.6 Å². The summed E-state index contributed by atoms with van der Waals surface area (Å²) in [6.45, 7) is 0.857. The van der Waals surface area contributed by atoms with Gasteiger partial charge in [-0.05, 0) is 42.1 Å². The molecule has 0 spiro atoms. The predicted molar refractivity (Wildman–Crippen MR) is 101 cm³/mol. The molecule has 4 rings (SSSR count). The minimum atomic E-state index is 0.0849. The smallest absolute Gasteiger partial charge is 0.243 e. The quantitative estimate of drug-likeness (QED) is 0.671. The number of hydrogen-bond acceptors (Lipinski definition) is 4. The van der Waals surface area contributed by atoms with Crippen LogP contribution in [0.25, 0.3) is 10.7 Å². The van der Waals surface area contributed by atoms with Crippen molar-refractivity contribution in [3.05, 3.63) is 58.2 Å². The second-order valence-electron chi connectivity index (χ2n) is 6.15. The van der Waals surface area contributed by atoms with Crippen LogP contribution in [0.3, 0.4) is 0 Å². The number of nitrogens with zero attached hydrogens (tertiary/aromatic N) is 3. The van der Waals surface area contributed by atoms with Gasteiger partial charge in [0.25, 0.3) is 0 Å². The molecule has 1 fully saturated rings. The van der Waals surface area contributed by atoms with Gasteiger partial charge in [-0.2, -0.15) is 5.10 Å². The van der Waals surface area contributed by atoms with E-state index in [0.717, 1.165) is 29.1 Å². The number of nitrogens with one attached hydrogen (secondary N) is 1. The maximum Gasteiger partial charge on any atom is 0.243 e.